The lowest BCUT2D eigenvalue weighted by molar-refractivity contribution is -0.137. The zero-order valence-electron chi connectivity index (χ0n) is 14.5. The van der Waals surface area contributed by atoms with Crippen LogP contribution in [0.25, 0.3) is 0 Å². The van der Waals surface area contributed by atoms with Crippen LogP contribution >= 0.6 is 0 Å². The van der Waals surface area contributed by atoms with Crippen LogP contribution in [0.15, 0.2) is 42.5 Å². The number of carbonyl (C=O) groups excluding carboxylic acids is 2. The van der Waals surface area contributed by atoms with Crippen LogP contribution in [0.4, 0.5) is 22.0 Å². The van der Waals surface area contributed by atoms with Gasteiger partial charge < -0.3 is 9.80 Å². The second kappa shape index (κ2) is 7.57. The van der Waals surface area contributed by atoms with Gasteiger partial charge in [0.05, 0.1) is 11.1 Å². The summed E-state index contributed by atoms with van der Waals surface area (Å²) in [5.41, 5.74) is -1.43. The molecule has 4 nitrogen and oxygen atoms in total. The molecule has 148 valence electrons. The van der Waals surface area contributed by atoms with Crippen LogP contribution in [-0.2, 0) is 6.18 Å². The highest BCUT2D eigenvalue weighted by Gasteiger charge is 2.32. The van der Waals surface area contributed by atoms with Crippen molar-refractivity contribution in [2.24, 2.45) is 0 Å². The van der Waals surface area contributed by atoms with Crippen molar-refractivity contribution in [2.75, 3.05) is 26.2 Å². The molecule has 1 saturated heterocycles. The minimum Gasteiger partial charge on any atom is -0.335 e. The van der Waals surface area contributed by atoms with Gasteiger partial charge in [-0.25, -0.2) is 8.78 Å². The summed E-state index contributed by atoms with van der Waals surface area (Å²) in [7, 11) is 0. The fourth-order valence-corrected chi connectivity index (χ4v) is 2.96. The van der Waals surface area contributed by atoms with Crippen LogP contribution in [-0.4, -0.2) is 47.8 Å². The number of piperazine rings is 1. The lowest BCUT2D eigenvalue weighted by Crippen LogP contribution is -2.50. The number of alkyl halides is 3. The third-order valence-corrected chi connectivity index (χ3v) is 4.45. The molecule has 0 aliphatic carbocycles. The highest BCUT2D eigenvalue weighted by molar-refractivity contribution is 5.96. The van der Waals surface area contributed by atoms with Gasteiger partial charge in [0.15, 0.2) is 0 Å². The number of carbonyl (C=O) groups is 2. The first kappa shape index (κ1) is 19.8. The van der Waals surface area contributed by atoms with Crippen molar-refractivity contribution in [3.63, 3.8) is 0 Å². The standard InChI is InChI=1S/C19H15F5N2O2/c20-14-4-5-16(21)15(11-14)18(28)26-8-6-25(7-9-26)17(27)12-2-1-3-13(10-12)19(22,23)24/h1-5,10-11H,6-9H2. The fraction of sp³-hybridized carbons (Fsp3) is 0.263. The minimum absolute atomic E-state index is 0.0550. The van der Waals surface area contributed by atoms with E-state index in [0.29, 0.717) is 0 Å². The molecule has 0 saturated carbocycles. The van der Waals surface area contributed by atoms with Gasteiger partial charge in [-0.1, -0.05) is 6.07 Å². The quantitative estimate of drug-likeness (QED) is 0.726. The van der Waals surface area contributed by atoms with Crippen molar-refractivity contribution in [1.82, 2.24) is 9.80 Å². The predicted octanol–water partition coefficient (Wildman–Crippen LogP) is 3.58. The summed E-state index contributed by atoms with van der Waals surface area (Å²) in [4.78, 5) is 27.4. The molecule has 0 unspecified atom stereocenters. The van der Waals surface area contributed by atoms with Crippen molar-refractivity contribution in [2.45, 2.75) is 6.18 Å². The molecule has 1 aliphatic heterocycles. The van der Waals surface area contributed by atoms with Gasteiger partial charge in [0.25, 0.3) is 11.8 Å². The maximum atomic E-state index is 13.8. The molecule has 9 heteroatoms. The molecule has 1 fully saturated rings. The molecule has 0 aromatic heterocycles. The largest absolute Gasteiger partial charge is 0.416 e. The Balaban J connectivity index is 1.68. The highest BCUT2D eigenvalue weighted by atomic mass is 19.4. The van der Waals surface area contributed by atoms with Gasteiger partial charge in [-0.2, -0.15) is 13.2 Å². The molecule has 0 radical (unpaired) electrons. The summed E-state index contributed by atoms with van der Waals surface area (Å²) in [6, 6.07) is 6.66. The van der Waals surface area contributed by atoms with Gasteiger partial charge in [-0.05, 0) is 36.4 Å². The molecule has 2 aromatic rings. The Labute approximate surface area is 157 Å². The van der Waals surface area contributed by atoms with E-state index in [1.54, 1.807) is 0 Å². The number of nitrogens with zero attached hydrogens (tertiary/aromatic N) is 2. The zero-order chi connectivity index (χ0) is 20.5. The molecule has 28 heavy (non-hydrogen) atoms. The van der Waals surface area contributed by atoms with E-state index >= 15 is 0 Å². The van der Waals surface area contributed by atoms with Crippen molar-refractivity contribution < 1.29 is 31.5 Å². The zero-order valence-corrected chi connectivity index (χ0v) is 14.5. The van der Waals surface area contributed by atoms with Crippen molar-refractivity contribution >= 4 is 11.8 Å². The van der Waals surface area contributed by atoms with E-state index in [2.05, 4.69) is 0 Å². The number of halogens is 5. The first-order chi connectivity index (χ1) is 13.2. The van der Waals surface area contributed by atoms with E-state index < -0.39 is 40.8 Å². The van der Waals surface area contributed by atoms with Crippen molar-refractivity contribution in [1.29, 1.82) is 0 Å². The predicted molar refractivity (Wildman–Crippen MR) is 89.6 cm³/mol. The van der Waals surface area contributed by atoms with E-state index in [4.69, 9.17) is 0 Å². The molecule has 3 rings (SSSR count). The number of benzene rings is 2. The normalized spacial score (nSPS) is 14.9. The maximum Gasteiger partial charge on any atom is 0.416 e. The maximum absolute atomic E-state index is 13.8. The van der Waals surface area contributed by atoms with Gasteiger partial charge in [-0.15, -0.1) is 0 Å². The second-order valence-corrected chi connectivity index (χ2v) is 6.29. The lowest BCUT2D eigenvalue weighted by Gasteiger charge is -2.35. The topological polar surface area (TPSA) is 40.6 Å². The Morgan fingerprint density at radius 3 is 2.04 bits per heavy atom. The van der Waals surface area contributed by atoms with E-state index in [1.165, 1.54) is 15.9 Å². The van der Waals surface area contributed by atoms with E-state index in [9.17, 15) is 31.5 Å². The van der Waals surface area contributed by atoms with Crippen molar-refractivity contribution in [3.05, 3.63) is 70.8 Å². The van der Waals surface area contributed by atoms with Crippen LogP contribution in [0.5, 0.6) is 0 Å². The Morgan fingerprint density at radius 1 is 0.821 bits per heavy atom. The summed E-state index contributed by atoms with van der Waals surface area (Å²) in [5.74, 6) is -2.89. The van der Waals surface area contributed by atoms with Gasteiger partial charge in [0.2, 0.25) is 0 Å². The van der Waals surface area contributed by atoms with E-state index in [-0.39, 0.29) is 31.7 Å². The Morgan fingerprint density at radius 2 is 1.43 bits per heavy atom. The molecule has 0 spiro atoms. The molecule has 0 bridgehead atoms. The molecule has 2 aromatic carbocycles. The third-order valence-electron chi connectivity index (χ3n) is 4.45. The summed E-state index contributed by atoms with van der Waals surface area (Å²) in [6.45, 7) is 0.245. The Kier molecular flexibility index (Phi) is 5.35. The van der Waals surface area contributed by atoms with Gasteiger partial charge in [0.1, 0.15) is 11.6 Å². The summed E-state index contributed by atoms with van der Waals surface area (Å²) >= 11 is 0. The van der Waals surface area contributed by atoms with Crippen molar-refractivity contribution in [3.8, 4) is 0 Å². The van der Waals surface area contributed by atoms with Gasteiger partial charge in [0, 0.05) is 31.7 Å². The molecule has 1 heterocycles. The molecule has 0 atom stereocenters. The van der Waals surface area contributed by atoms with Crippen LogP contribution in [0.2, 0.25) is 0 Å². The van der Waals surface area contributed by atoms with Crippen LogP contribution < -0.4 is 0 Å². The van der Waals surface area contributed by atoms with E-state index in [0.717, 1.165) is 36.4 Å². The average Bonchev–Trinajstić information content (AvgIpc) is 2.68. The highest BCUT2D eigenvalue weighted by Crippen LogP contribution is 2.29. The number of rotatable bonds is 2. The second-order valence-electron chi connectivity index (χ2n) is 6.29. The molecular formula is C19H15F5N2O2. The van der Waals surface area contributed by atoms with Gasteiger partial charge >= 0.3 is 6.18 Å². The third kappa shape index (κ3) is 4.13. The Bertz CT molecular complexity index is 905. The summed E-state index contributed by atoms with van der Waals surface area (Å²) in [5, 5.41) is 0. The first-order valence-corrected chi connectivity index (χ1v) is 8.37. The monoisotopic (exact) mass is 398 g/mol. The molecule has 1 aliphatic rings. The van der Waals surface area contributed by atoms with E-state index in [1.807, 2.05) is 0 Å². The Hall–Kier alpha value is -2.97. The number of hydrogen-bond donors (Lipinski definition) is 0. The first-order valence-electron chi connectivity index (χ1n) is 8.37. The average molecular weight is 398 g/mol. The number of amides is 2. The molecule has 2 amide bonds. The summed E-state index contributed by atoms with van der Waals surface area (Å²) < 4.78 is 65.5. The molecule has 0 N–H and O–H groups in total. The lowest BCUT2D eigenvalue weighted by atomic mass is 10.1. The van der Waals surface area contributed by atoms with Crippen LogP contribution in [0.1, 0.15) is 26.3 Å². The molecular weight excluding hydrogens is 383 g/mol. The fourth-order valence-electron chi connectivity index (χ4n) is 2.96. The number of hydrogen-bond acceptors (Lipinski definition) is 2. The van der Waals surface area contributed by atoms with Gasteiger partial charge in [-0.3, -0.25) is 9.59 Å². The van der Waals surface area contributed by atoms with Crippen LogP contribution in [0.3, 0.4) is 0 Å². The van der Waals surface area contributed by atoms with Crippen LogP contribution in [0, 0.1) is 11.6 Å². The smallest absolute Gasteiger partial charge is 0.335 e. The minimum atomic E-state index is -4.56. The SMILES string of the molecule is O=C(c1cccc(C(F)(F)F)c1)N1CCN(C(=O)c2cc(F)ccc2F)CC1. The summed E-state index contributed by atoms with van der Waals surface area (Å²) in [6.07, 6.45) is -4.56.